The zero-order valence-electron chi connectivity index (χ0n) is 15.6. The van der Waals surface area contributed by atoms with Gasteiger partial charge in [0.05, 0.1) is 0 Å². The van der Waals surface area contributed by atoms with Crippen LogP contribution < -0.4 is 0 Å². The zero-order chi connectivity index (χ0) is 19.0. The highest BCUT2D eigenvalue weighted by Gasteiger charge is 2.33. The van der Waals surface area contributed by atoms with Crippen molar-refractivity contribution in [3.63, 3.8) is 0 Å². The van der Waals surface area contributed by atoms with E-state index in [1.165, 1.54) is 4.90 Å². The number of likely N-dealkylation sites (tertiary alicyclic amines) is 1. The van der Waals surface area contributed by atoms with Gasteiger partial charge in [-0.25, -0.2) is 0 Å². The molecule has 1 unspecified atom stereocenters. The summed E-state index contributed by atoms with van der Waals surface area (Å²) >= 11 is 0. The molecule has 2 aromatic rings. The molecule has 0 aliphatic carbocycles. The van der Waals surface area contributed by atoms with Crippen LogP contribution in [-0.2, 0) is 4.79 Å². The molecule has 5 heteroatoms. The fourth-order valence-electron chi connectivity index (χ4n) is 4.39. The molecule has 4 rings (SSSR count). The third-order valence-corrected chi connectivity index (χ3v) is 5.82. The molecule has 0 spiro atoms. The summed E-state index contributed by atoms with van der Waals surface area (Å²) in [6, 6.07) is 11.3. The molecule has 0 N–H and O–H groups in total. The Labute approximate surface area is 158 Å². The third kappa shape index (κ3) is 3.01. The fraction of sp³-hybridized carbons (Fsp3) is 0.409. The van der Waals surface area contributed by atoms with Gasteiger partial charge in [0.25, 0.3) is 11.8 Å². The number of benzene rings is 2. The van der Waals surface area contributed by atoms with Crippen molar-refractivity contribution in [2.24, 2.45) is 0 Å². The van der Waals surface area contributed by atoms with E-state index in [-0.39, 0.29) is 36.7 Å². The summed E-state index contributed by atoms with van der Waals surface area (Å²) in [5.41, 5.74) is 1.08. The number of imide groups is 1. The van der Waals surface area contributed by atoms with Gasteiger partial charge >= 0.3 is 0 Å². The van der Waals surface area contributed by atoms with E-state index in [4.69, 9.17) is 0 Å². The molecule has 2 heterocycles. The first-order valence-corrected chi connectivity index (χ1v) is 9.79. The number of rotatable bonds is 4. The van der Waals surface area contributed by atoms with Gasteiger partial charge in [-0.2, -0.15) is 0 Å². The molecule has 2 aliphatic rings. The Morgan fingerprint density at radius 3 is 2.33 bits per heavy atom. The van der Waals surface area contributed by atoms with E-state index in [1.807, 2.05) is 29.2 Å². The predicted octanol–water partition coefficient (Wildman–Crippen LogP) is 3.62. The third-order valence-electron chi connectivity index (χ3n) is 5.82. The van der Waals surface area contributed by atoms with Gasteiger partial charge in [0.15, 0.2) is 0 Å². The quantitative estimate of drug-likeness (QED) is 0.779. The second-order valence-electron chi connectivity index (χ2n) is 7.37. The average molecular weight is 364 g/mol. The smallest absolute Gasteiger partial charge is 0.261 e. The highest BCUT2D eigenvalue weighted by atomic mass is 16.2. The standard InChI is InChI=1S/C22H24N2O3/c1-2-16-9-3-4-13-23(16)19(25)12-14-24-21(26)17-10-5-7-15-8-6-11-18(20(15)17)22(24)27/h5-8,10-11,16H,2-4,9,12-14H2,1H3. The molecule has 140 valence electrons. The van der Waals surface area contributed by atoms with E-state index in [0.29, 0.717) is 11.1 Å². The lowest BCUT2D eigenvalue weighted by molar-refractivity contribution is -0.135. The van der Waals surface area contributed by atoms with Gasteiger partial charge in [0.1, 0.15) is 0 Å². The first-order chi connectivity index (χ1) is 13.1. The first kappa shape index (κ1) is 17.7. The minimum atomic E-state index is -0.303. The molecule has 1 saturated heterocycles. The Hall–Kier alpha value is -2.69. The molecule has 0 radical (unpaired) electrons. The predicted molar refractivity (Wildman–Crippen MR) is 104 cm³/mol. The second kappa shape index (κ2) is 7.14. The van der Waals surface area contributed by atoms with Crippen LogP contribution in [0, 0.1) is 0 Å². The van der Waals surface area contributed by atoms with Gasteiger partial charge in [-0.05, 0) is 43.2 Å². The SMILES string of the molecule is CCC1CCCCN1C(=O)CCN1C(=O)c2cccc3cccc(c23)C1=O. The van der Waals surface area contributed by atoms with E-state index in [0.717, 1.165) is 43.0 Å². The molecule has 2 aliphatic heterocycles. The minimum Gasteiger partial charge on any atom is -0.340 e. The van der Waals surface area contributed by atoms with Crippen LogP contribution >= 0.6 is 0 Å². The van der Waals surface area contributed by atoms with Gasteiger partial charge in [-0.1, -0.05) is 31.2 Å². The summed E-state index contributed by atoms with van der Waals surface area (Å²) in [5, 5.41) is 1.61. The molecule has 5 nitrogen and oxygen atoms in total. The Morgan fingerprint density at radius 1 is 1.04 bits per heavy atom. The highest BCUT2D eigenvalue weighted by molar-refractivity contribution is 6.25. The van der Waals surface area contributed by atoms with Crippen molar-refractivity contribution in [1.29, 1.82) is 0 Å². The number of hydrogen-bond acceptors (Lipinski definition) is 3. The zero-order valence-corrected chi connectivity index (χ0v) is 15.6. The summed E-state index contributed by atoms with van der Waals surface area (Å²) in [5.74, 6) is -0.565. The molecule has 0 bridgehead atoms. The van der Waals surface area contributed by atoms with Crippen LogP contribution in [0.1, 0.15) is 59.7 Å². The molecule has 3 amide bonds. The van der Waals surface area contributed by atoms with Crippen molar-refractivity contribution in [2.75, 3.05) is 13.1 Å². The average Bonchev–Trinajstić information content (AvgIpc) is 2.71. The van der Waals surface area contributed by atoms with E-state index in [1.54, 1.807) is 12.1 Å². The molecule has 0 saturated carbocycles. The first-order valence-electron chi connectivity index (χ1n) is 9.79. The molecular formula is C22H24N2O3. The Bertz CT molecular complexity index is 870. The lowest BCUT2D eigenvalue weighted by atomic mass is 9.94. The molecule has 2 aromatic carbocycles. The van der Waals surface area contributed by atoms with Crippen molar-refractivity contribution < 1.29 is 14.4 Å². The number of piperidine rings is 1. The van der Waals surface area contributed by atoms with Crippen molar-refractivity contribution in [2.45, 2.75) is 45.1 Å². The highest BCUT2D eigenvalue weighted by Crippen LogP contribution is 2.30. The lowest BCUT2D eigenvalue weighted by Crippen LogP contribution is -2.46. The normalized spacial score (nSPS) is 19.7. The number of carbonyl (C=O) groups excluding carboxylic acids is 3. The molecule has 1 fully saturated rings. The van der Waals surface area contributed by atoms with Gasteiger partial charge in [0, 0.05) is 42.1 Å². The second-order valence-corrected chi connectivity index (χ2v) is 7.37. The van der Waals surface area contributed by atoms with Crippen LogP contribution in [0.25, 0.3) is 10.8 Å². The van der Waals surface area contributed by atoms with Gasteiger partial charge in [-0.15, -0.1) is 0 Å². The van der Waals surface area contributed by atoms with E-state index in [2.05, 4.69) is 6.92 Å². The molecular weight excluding hydrogens is 340 g/mol. The van der Waals surface area contributed by atoms with Gasteiger partial charge in [0.2, 0.25) is 5.91 Å². The van der Waals surface area contributed by atoms with Gasteiger partial charge < -0.3 is 4.90 Å². The number of carbonyl (C=O) groups is 3. The van der Waals surface area contributed by atoms with E-state index in [9.17, 15) is 14.4 Å². The Morgan fingerprint density at radius 2 is 1.70 bits per heavy atom. The maximum atomic E-state index is 12.9. The molecule has 27 heavy (non-hydrogen) atoms. The Kier molecular flexibility index (Phi) is 4.68. The van der Waals surface area contributed by atoms with Crippen LogP contribution in [-0.4, -0.2) is 46.7 Å². The summed E-state index contributed by atoms with van der Waals surface area (Å²) in [7, 11) is 0. The van der Waals surface area contributed by atoms with Crippen LogP contribution in [0.4, 0.5) is 0 Å². The van der Waals surface area contributed by atoms with Crippen molar-refractivity contribution in [3.8, 4) is 0 Å². The molecule has 1 atom stereocenters. The number of amides is 3. The van der Waals surface area contributed by atoms with Crippen LogP contribution in [0.5, 0.6) is 0 Å². The number of nitrogens with zero attached hydrogens (tertiary/aromatic N) is 2. The summed E-state index contributed by atoms with van der Waals surface area (Å²) in [6.45, 7) is 3.01. The maximum absolute atomic E-state index is 12.9. The van der Waals surface area contributed by atoms with E-state index < -0.39 is 0 Å². The van der Waals surface area contributed by atoms with Crippen molar-refractivity contribution in [3.05, 3.63) is 47.5 Å². The van der Waals surface area contributed by atoms with Gasteiger partial charge in [-0.3, -0.25) is 19.3 Å². The minimum absolute atomic E-state index is 0.0409. The van der Waals surface area contributed by atoms with Crippen molar-refractivity contribution in [1.82, 2.24) is 9.80 Å². The summed E-state index contributed by atoms with van der Waals surface area (Å²) in [6.07, 6.45) is 4.36. The number of hydrogen-bond donors (Lipinski definition) is 0. The van der Waals surface area contributed by atoms with Crippen LogP contribution in [0.3, 0.4) is 0 Å². The molecule has 0 aromatic heterocycles. The summed E-state index contributed by atoms with van der Waals surface area (Å²) in [4.78, 5) is 41.7. The van der Waals surface area contributed by atoms with Crippen LogP contribution in [0.2, 0.25) is 0 Å². The summed E-state index contributed by atoms with van der Waals surface area (Å²) < 4.78 is 0. The lowest BCUT2D eigenvalue weighted by Gasteiger charge is -2.36. The van der Waals surface area contributed by atoms with Crippen LogP contribution in [0.15, 0.2) is 36.4 Å². The monoisotopic (exact) mass is 364 g/mol. The largest absolute Gasteiger partial charge is 0.340 e. The Balaban J connectivity index is 1.54. The fourth-order valence-corrected chi connectivity index (χ4v) is 4.39. The van der Waals surface area contributed by atoms with Crippen molar-refractivity contribution >= 4 is 28.5 Å². The van der Waals surface area contributed by atoms with E-state index >= 15 is 0 Å². The maximum Gasteiger partial charge on any atom is 0.261 e. The topological polar surface area (TPSA) is 57.7 Å².